The van der Waals surface area contributed by atoms with Gasteiger partial charge < -0.3 is 20.1 Å². The number of hydrogen-bond acceptors (Lipinski definition) is 5. The smallest absolute Gasteiger partial charge is 0.352 e. The molecule has 0 bridgehead atoms. The Morgan fingerprint density at radius 1 is 1.05 bits per heavy atom. The number of nitro benzene ring substituents is 1. The highest BCUT2D eigenvalue weighted by Gasteiger charge is 2.18. The third-order valence-electron chi connectivity index (χ3n) is 6.04. The summed E-state index contributed by atoms with van der Waals surface area (Å²) in [6, 6.07) is 20.5. The molecule has 4 aromatic carbocycles. The minimum absolute atomic E-state index is 0.0486. The number of nitrogens with zero attached hydrogens (tertiary/aromatic N) is 2. The molecule has 0 aliphatic carbocycles. The van der Waals surface area contributed by atoms with E-state index in [1.165, 1.54) is 6.07 Å². The molecule has 1 heterocycles. The molecule has 0 saturated carbocycles. The van der Waals surface area contributed by atoms with Gasteiger partial charge in [0.1, 0.15) is 17.3 Å². The number of hydrogen-bond donors (Lipinski definition) is 3. The van der Waals surface area contributed by atoms with Gasteiger partial charge in [-0.05, 0) is 46.7 Å². The van der Waals surface area contributed by atoms with Gasteiger partial charge in [-0.15, -0.1) is 0 Å². The molecule has 5 aromatic rings. The van der Waals surface area contributed by atoms with Gasteiger partial charge in [0, 0.05) is 29.1 Å². The Morgan fingerprint density at radius 2 is 1.84 bits per heavy atom. The summed E-state index contributed by atoms with van der Waals surface area (Å²) in [5.74, 6) is -2.05. The largest absolute Gasteiger partial charge is 0.477 e. The molecule has 0 amide bonds. The fourth-order valence-electron chi connectivity index (χ4n) is 4.30. The highest BCUT2D eigenvalue weighted by atomic mass is 19.1. The number of nitro groups is 1. The van der Waals surface area contributed by atoms with Crippen molar-refractivity contribution in [2.24, 2.45) is 5.73 Å². The molecule has 0 atom stereocenters. The van der Waals surface area contributed by atoms with E-state index in [9.17, 15) is 24.4 Å². The maximum atomic E-state index is 14.5. The number of aromatic nitrogens is 1. The molecule has 10 heteroatoms. The van der Waals surface area contributed by atoms with Crippen molar-refractivity contribution in [2.75, 3.05) is 0 Å². The molecule has 9 nitrogen and oxygen atoms in total. The molecule has 0 aliphatic heterocycles. The van der Waals surface area contributed by atoms with Crippen LogP contribution < -0.4 is 10.5 Å². The van der Waals surface area contributed by atoms with Crippen molar-refractivity contribution in [3.05, 3.63) is 112 Å². The SMILES string of the molecule is N=C(N)c1ccc2cc(C(=O)O)n(Cc3cc(Oc4ccc([N+](=O)[O-])cc4F)cc4ccccc34)c2c1. The predicted molar refractivity (Wildman–Crippen MR) is 136 cm³/mol. The molecule has 184 valence electrons. The number of halogens is 1. The third-order valence-corrected chi connectivity index (χ3v) is 6.04. The second-order valence-corrected chi connectivity index (χ2v) is 8.39. The van der Waals surface area contributed by atoms with Gasteiger partial charge in [0.05, 0.1) is 11.0 Å². The number of fused-ring (bicyclic) bond motifs is 2. The normalized spacial score (nSPS) is 11.1. The van der Waals surface area contributed by atoms with Crippen molar-refractivity contribution in [3.63, 3.8) is 0 Å². The van der Waals surface area contributed by atoms with Crippen LogP contribution in [0.1, 0.15) is 21.6 Å². The van der Waals surface area contributed by atoms with E-state index in [-0.39, 0.29) is 29.6 Å². The highest BCUT2D eigenvalue weighted by molar-refractivity contribution is 6.01. The summed E-state index contributed by atoms with van der Waals surface area (Å²) in [5.41, 5.74) is 7.05. The molecule has 0 aliphatic rings. The van der Waals surface area contributed by atoms with Crippen LogP contribution in [0.15, 0.2) is 78.9 Å². The first-order valence-corrected chi connectivity index (χ1v) is 11.1. The Labute approximate surface area is 208 Å². The number of carboxylic acids is 1. The van der Waals surface area contributed by atoms with Gasteiger partial charge in [-0.3, -0.25) is 15.5 Å². The number of nitrogens with two attached hydrogens (primary N) is 1. The summed E-state index contributed by atoms with van der Waals surface area (Å²) < 4.78 is 21.9. The summed E-state index contributed by atoms with van der Waals surface area (Å²) in [4.78, 5) is 22.3. The summed E-state index contributed by atoms with van der Waals surface area (Å²) >= 11 is 0. The zero-order valence-corrected chi connectivity index (χ0v) is 19.1. The zero-order chi connectivity index (χ0) is 26.3. The monoisotopic (exact) mass is 498 g/mol. The van der Waals surface area contributed by atoms with Gasteiger partial charge in [-0.25, -0.2) is 9.18 Å². The first kappa shape index (κ1) is 23.5. The van der Waals surface area contributed by atoms with E-state index < -0.39 is 22.4 Å². The summed E-state index contributed by atoms with van der Waals surface area (Å²) in [6.45, 7) is 0.132. The van der Waals surface area contributed by atoms with Crippen LogP contribution >= 0.6 is 0 Å². The first-order valence-electron chi connectivity index (χ1n) is 11.1. The first-order chi connectivity index (χ1) is 17.7. The molecule has 0 saturated heterocycles. The van der Waals surface area contributed by atoms with Gasteiger partial charge in [0.15, 0.2) is 11.6 Å². The fourth-order valence-corrected chi connectivity index (χ4v) is 4.30. The number of carboxylic acid groups (broad SMARTS) is 1. The summed E-state index contributed by atoms with van der Waals surface area (Å²) in [6.07, 6.45) is 0. The molecule has 0 fully saturated rings. The molecule has 0 radical (unpaired) electrons. The van der Waals surface area contributed by atoms with E-state index >= 15 is 0 Å². The Bertz CT molecular complexity index is 1740. The van der Waals surface area contributed by atoms with Crippen LogP contribution in [0, 0.1) is 21.3 Å². The minimum atomic E-state index is -1.12. The lowest BCUT2D eigenvalue weighted by Gasteiger charge is -2.15. The number of benzene rings is 4. The van der Waals surface area contributed by atoms with E-state index in [2.05, 4.69) is 0 Å². The van der Waals surface area contributed by atoms with Crippen LogP contribution in [0.5, 0.6) is 11.5 Å². The molecule has 0 unspecified atom stereocenters. The number of non-ortho nitro benzene ring substituents is 1. The van der Waals surface area contributed by atoms with Crippen LogP contribution in [-0.2, 0) is 6.54 Å². The van der Waals surface area contributed by atoms with Crippen LogP contribution in [-0.4, -0.2) is 26.4 Å². The maximum absolute atomic E-state index is 14.5. The van der Waals surface area contributed by atoms with Crippen molar-refractivity contribution in [3.8, 4) is 11.5 Å². The second kappa shape index (κ2) is 9.08. The number of rotatable bonds is 7. The number of nitrogen functional groups attached to an aromatic ring is 1. The summed E-state index contributed by atoms with van der Waals surface area (Å²) in [7, 11) is 0. The lowest BCUT2D eigenvalue weighted by Crippen LogP contribution is -2.12. The van der Waals surface area contributed by atoms with Crippen LogP contribution in [0.25, 0.3) is 21.7 Å². The van der Waals surface area contributed by atoms with Crippen molar-refractivity contribution in [1.82, 2.24) is 4.57 Å². The van der Waals surface area contributed by atoms with Crippen molar-refractivity contribution >= 4 is 39.2 Å². The van der Waals surface area contributed by atoms with Crippen LogP contribution in [0.4, 0.5) is 10.1 Å². The number of carbonyl (C=O) groups is 1. The van der Waals surface area contributed by atoms with E-state index in [0.29, 0.717) is 22.0 Å². The molecule has 37 heavy (non-hydrogen) atoms. The van der Waals surface area contributed by atoms with Gasteiger partial charge >= 0.3 is 5.97 Å². The fraction of sp³-hybridized carbons (Fsp3) is 0.0370. The zero-order valence-electron chi connectivity index (χ0n) is 19.1. The lowest BCUT2D eigenvalue weighted by molar-refractivity contribution is -0.385. The molecule has 1 aromatic heterocycles. The quantitative estimate of drug-likeness (QED) is 0.114. The van der Waals surface area contributed by atoms with Gasteiger partial charge in [0.25, 0.3) is 5.69 Å². The van der Waals surface area contributed by atoms with Crippen molar-refractivity contribution in [2.45, 2.75) is 6.54 Å². The molecule has 0 spiro atoms. The van der Waals surface area contributed by atoms with Gasteiger partial charge in [-0.1, -0.05) is 36.4 Å². The van der Waals surface area contributed by atoms with Crippen molar-refractivity contribution in [1.29, 1.82) is 5.41 Å². The van der Waals surface area contributed by atoms with Gasteiger partial charge in [-0.2, -0.15) is 0 Å². The van der Waals surface area contributed by atoms with Crippen molar-refractivity contribution < 1.29 is 24.0 Å². The third kappa shape index (κ3) is 4.43. The topological polar surface area (TPSA) is 144 Å². The average molecular weight is 498 g/mol. The molecular weight excluding hydrogens is 479 g/mol. The summed E-state index contributed by atoms with van der Waals surface area (Å²) in [5, 5.41) is 30.8. The second-order valence-electron chi connectivity index (χ2n) is 8.39. The Hall–Kier alpha value is -5.25. The number of ether oxygens (including phenoxy) is 1. The predicted octanol–water partition coefficient (Wildman–Crippen LogP) is 5.66. The average Bonchev–Trinajstić information content (AvgIpc) is 3.23. The molecule has 5 rings (SSSR count). The molecule has 4 N–H and O–H groups in total. The minimum Gasteiger partial charge on any atom is -0.477 e. The van der Waals surface area contributed by atoms with Crippen LogP contribution in [0.2, 0.25) is 0 Å². The highest BCUT2D eigenvalue weighted by Crippen LogP contribution is 2.33. The Morgan fingerprint density at radius 3 is 2.54 bits per heavy atom. The van der Waals surface area contributed by atoms with E-state index in [4.69, 9.17) is 15.9 Å². The lowest BCUT2D eigenvalue weighted by atomic mass is 10.0. The maximum Gasteiger partial charge on any atom is 0.352 e. The van der Waals surface area contributed by atoms with E-state index in [1.54, 1.807) is 41.0 Å². The Kier molecular flexibility index (Phi) is 5.76. The van der Waals surface area contributed by atoms with E-state index in [1.807, 2.05) is 24.3 Å². The molecular formula is C27H19FN4O5. The van der Waals surface area contributed by atoms with Crippen LogP contribution in [0.3, 0.4) is 0 Å². The van der Waals surface area contributed by atoms with Gasteiger partial charge in [0.2, 0.25) is 0 Å². The number of aromatic carboxylic acids is 1. The van der Waals surface area contributed by atoms with E-state index in [0.717, 1.165) is 22.9 Å². The number of amidine groups is 1. The standard InChI is InChI=1S/C27H19FN4O5/c28-22-13-19(32(35)36)7-8-25(22)37-20-9-15-3-1-2-4-21(15)18(10-20)14-31-23-12-17(26(29)30)6-5-16(23)11-24(31)27(33)34/h1-13H,14H2,(H3,29,30)(H,33,34). The number of nitrogens with one attached hydrogen (secondary N) is 1. The Balaban J connectivity index is 1.63.